The minimum Gasteiger partial charge on any atom is -0.386 e. The summed E-state index contributed by atoms with van der Waals surface area (Å²) < 4.78 is 4.42. The van der Waals surface area contributed by atoms with Gasteiger partial charge in [0, 0.05) is 12.2 Å². The molecule has 6 nitrogen and oxygen atoms in total. The third-order valence-electron chi connectivity index (χ3n) is 2.70. The van der Waals surface area contributed by atoms with Crippen molar-refractivity contribution in [3.8, 4) is 0 Å². The highest BCUT2D eigenvalue weighted by Gasteiger charge is 2.32. The van der Waals surface area contributed by atoms with Crippen molar-refractivity contribution >= 4 is 29.4 Å². The van der Waals surface area contributed by atoms with Crippen molar-refractivity contribution in [1.29, 1.82) is 0 Å². The predicted octanol–water partition coefficient (Wildman–Crippen LogP) is 0.427. The molecule has 2 aliphatic rings. The highest BCUT2D eigenvalue weighted by Crippen LogP contribution is 2.27. The van der Waals surface area contributed by atoms with Gasteiger partial charge in [0.1, 0.15) is 0 Å². The third-order valence-corrected chi connectivity index (χ3v) is 2.70. The molecule has 2 heterocycles. The van der Waals surface area contributed by atoms with Gasteiger partial charge in [-0.1, -0.05) is 0 Å². The van der Waals surface area contributed by atoms with Crippen LogP contribution in [0.25, 0.3) is 0 Å². The lowest BCUT2D eigenvalue weighted by Crippen LogP contribution is -2.29. The molecule has 18 heavy (non-hydrogen) atoms. The standard InChI is InChI=1S/C12H5NO5/c14-9-3-4-10(15)13(9)6-1-2-7-8(5-6)12(17)18-11(7)16/h1-5H. The number of carbonyl (C=O) groups is 4. The molecule has 0 aliphatic carbocycles. The monoisotopic (exact) mass is 243 g/mol. The number of benzene rings is 1. The fourth-order valence-corrected chi connectivity index (χ4v) is 1.87. The number of anilines is 1. The molecule has 0 aromatic heterocycles. The number of esters is 2. The highest BCUT2D eigenvalue weighted by atomic mass is 16.6. The Morgan fingerprint density at radius 3 is 2.11 bits per heavy atom. The Labute approximate surface area is 100 Å². The molecule has 0 N–H and O–H groups in total. The van der Waals surface area contributed by atoms with Gasteiger partial charge in [-0.3, -0.25) is 9.59 Å². The summed E-state index contributed by atoms with van der Waals surface area (Å²) in [6.07, 6.45) is 2.28. The van der Waals surface area contributed by atoms with Gasteiger partial charge in [0.25, 0.3) is 11.8 Å². The summed E-state index contributed by atoms with van der Waals surface area (Å²) in [6, 6.07) is 4.07. The molecule has 2 amide bonds. The zero-order valence-corrected chi connectivity index (χ0v) is 8.88. The molecule has 0 atom stereocenters. The molecule has 0 unspecified atom stereocenters. The van der Waals surface area contributed by atoms with E-state index >= 15 is 0 Å². The van der Waals surface area contributed by atoms with Gasteiger partial charge in [0.05, 0.1) is 16.8 Å². The van der Waals surface area contributed by atoms with Gasteiger partial charge in [-0.05, 0) is 18.2 Å². The summed E-state index contributed by atoms with van der Waals surface area (Å²) in [4.78, 5) is 46.4. The van der Waals surface area contributed by atoms with E-state index in [-0.39, 0.29) is 16.8 Å². The Hall–Kier alpha value is -2.76. The van der Waals surface area contributed by atoms with Gasteiger partial charge in [-0.25, -0.2) is 14.5 Å². The molecule has 0 spiro atoms. The maximum atomic E-state index is 11.5. The number of imide groups is 1. The summed E-state index contributed by atoms with van der Waals surface area (Å²) in [7, 11) is 0. The Morgan fingerprint density at radius 2 is 1.44 bits per heavy atom. The minimum atomic E-state index is -0.774. The quantitative estimate of drug-likeness (QED) is 0.406. The minimum absolute atomic E-state index is 0.0602. The van der Waals surface area contributed by atoms with E-state index in [4.69, 9.17) is 0 Å². The fraction of sp³-hybridized carbons (Fsp3) is 0. The van der Waals surface area contributed by atoms with Gasteiger partial charge in [-0.15, -0.1) is 0 Å². The van der Waals surface area contributed by atoms with Crippen LogP contribution in [-0.4, -0.2) is 23.8 Å². The van der Waals surface area contributed by atoms with Crippen LogP contribution in [0.2, 0.25) is 0 Å². The summed E-state index contributed by atoms with van der Waals surface area (Å²) in [5.74, 6) is -2.47. The molecule has 1 aromatic rings. The van der Waals surface area contributed by atoms with Crippen LogP contribution >= 0.6 is 0 Å². The number of amides is 2. The van der Waals surface area contributed by atoms with Crippen LogP contribution in [0.1, 0.15) is 20.7 Å². The largest absolute Gasteiger partial charge is 0.386 e. The third kappa shape index (κ3) is 1.29. The number of carbonyl (C=O) groups excluding carboxylic acids is 4. The van der Waals surface area contributed by atoms with E-state index in [0.29, 0.717) is 0 Å². The molecule has 6 heteroatoms. The van der Waals surface area contributed by atoms with E-state index in [1.165, 1.54) is 18.2 Å². The molecule has 0 bridgehead atoms. The zero-order chi connectivity index (χ0) is 12.9. The van der Waals surface area contributed by atoms with E-state index in [0.717, 1.165) is 17.1 Å². The van der Waals surface area contributed by atoms with Crippen molar-refractivity contribution in [2.75, 3.05) is 4.90 Å². The molecular formula is C12H5NO5. The lowest BCUT2D eigenvalue weighted by molar-refractivity contribution is -0.120. The number of nitrogens with zero attached hydrogens (tertiary/aromatic N) is 1. The van der Waals surface area contributed by atoms with Crippen LogP contribution in [0.3, 0.4) is 0 Å². The average molecular weight is 243 g/mol. The summed E-state index contributed by atoms with van der Waals surface area (Å²) in [5, 5.41) is 0. The second-order valence-electron chi connectivity index (χ2n) is 3.75. The number of fused-ring (bicyclic) bond motifs is 1. The lowest BCUT2D eigenvalue weighted by atomic mass is 10.1. The van der Waals surface area contributed by atoms with E-state index in [2.05, 4.69) is 4.74 Å². The Morgan fingerprint density at radius 1 is 0.833 bits per heavy atom. The van der Waals surface area contributed by atoms with Crippen molar-refractivity contribution < 1.29 is 23.9 Å². The highest BCUT2D eigenvalue weighted by molar-refractivity contribution is 6.28. The summed E-state index contributed by atoms with van der Waals surface area (Å²) >= 11 is 0. The molecule has 0 radical (unpaired) electrons. The smallest absolute Gasteiger partial charge is 0.346 e. The zero-order valence-electron chi connectivity index (χ0n) is 8.88. The predicted molar refractivity (Wildman–Crippen MR) is 57.8 cm³/mol. The molecule has 1 aromatic carbocycles. The van der Waals surface area contributed by atoms with E-state index in [1.807, 2.05) is 0 Å². The van der Waals surface area contributed by atoms with Crippen LogP contribution in [0.15, 0.2) is 30.4 Å². The molecular weight excluding hydrogens is 238 g/mol. The van der Waals surface area contributed by atoms with E-state index < -0.39 is 23.8 Å². The van der Waals surface area contributed by atoms with Gasteiger partial charge in [-0.2, -0.15) is 0 Å². The molecule has 0 saturated carbocycles. The second-order valence-corrected chi connectivity index (χ2v) is 3.75. The number of ether oxygens (including phenoxy) is 1. The number of rotatable bonds is 1. The Balaban J connectivity index is 2.09. The first-order valence-electron chi connectivity index (χ1n) is 5.04. The lowest BCUT2D eigenvalue weighted by Gasteiger charge is -2.13. The maximum absolute atomic E-state index is 11.5. The number of hydrogen-bond donors (Lipinski definition) is 0. The average Bonchev–Trinajstić information content (AvgIpc) is 2.81. The van der Waals surface area contributed by atoms with E-state index in [1.54, 1.807) is 0 Å². The van der Waals surface area contributed by atoms with Gasteiger partial charge < -0.3 is 4.74 Å². The van der Waals surface area contributed by atoms with Gasteiger partial charge >= 0.3 is 11.9 Å². The number of cyclic esters (lactones) is 2. The SMILES string of the molecule is O=C1OC(=O)c2cc(N3C(=O)C=CC3=O)ccc21. The van der Waals surface area contributed by atoms with Crippen LogP contribution in [-0.2, 0) is 14.3 Å². The van der Waals surface area contributed by atoms with Crippen molar-refractivity contribution in [3.63, 3.8) is 0 Å². The first-order valence-corrected chi connectivity index (χ1v) is 5.04. The van der Waals surface area contributed by atoms with Crippen LogP contribution < -0.4 is 4.90 Å². The normalized spacial score (nSPS) is 17.4. The van der Waals surface area contributed by atoms with Crippen molar-refractivity contribution in [2.45, 2.75) is 0 Å². The number of hydrogen-bond acceptors (Lipinski definition) is 5. The molecule has 0 fully saturated rings. The van der Waals surface area contributed by atoms with Crippen molar-refractivity contribution in [1.82, 2.24) is 0 Å². The fourth-order valence-electron chi connectivity index (χ4n) is 1.87. The van der Waals surface area contributed by atoms with Gasteiger partial charge in [0.15, 0.2) is 0 Å². The first-order chi connectivity index (χ1) is 8.58. The van der Waals surface area contributed by atoms with Crippen LogP contribution in [0.4, 0.5) is 5.69 Å². The maximum Gasteiger partial charge on any atom is 0.346 e. The van der Waals surface area contributed by atoms with Gasteiger partial charge in [0.2, 0.25) is 0 Å². The van der Waals surface area contributed by atoms with Crippen LogP contribution in [0, 0.1) is 0 Å². The topological polar surface area (TPSA) is 80.8 Å². The molecule has 3 rings (SSSR count). The van der Waals surface area contributed by atoms with Crippen molar-refractivity contribution in [2.24, 2.45) is 0 Å². The second kappa shape index (κ2) is 3.36. The Kier molecular flexibility index (Phi) is 1.94. The Bertz CT molecular complexity index is 640. The molecule has 0 saturated heterocycles. The van der Waals surface area contributed by atoms with Crippen molar-refractivity contribution in [3.05, 3.63) is 41.5 Å². The van der Waals surface area contributed by atoms with E-state index in [9.17, 15) is 19.2 Å². The van der Waals surface area contributed by atoms with Crippen LogP contribution in [0.5, 0.6) is 0 Å². The molecule has 88 valence electrons. The first kappa shape index (κ1) is 10.4. The summed E-state index contributed by atoms with van der Waals surface area (Å²) in [5.41, 5.74) is 0.432. The molecule has 2 aliphatic heterocycles. The summed E-state index contributed by atoms with van der Waals surface area (Å²) in [6.45, 7) is 0.